The van der Waals surface area contributed by atoms with E-state index in [0.29, 0.717) is 32.8 Å². The third-order valence-electron chi connectivity index (χ3n) is 3.45. The molecule has 120 valence electrons. The Morgan fingerprint density at radius 1 is 1.23 bits per heavy atom. The maximum atomic E-state index is 12.2. The van der Waals surface area contributed by atoms with Crippen molar-refractivity contribution in [3.63, 3.8) is 0 Å². The lowest BCUT2D eigenvalue weighted by molar-refractivity contribution is 0.0552. The van der Waals surface area contributed by atoms with Crippen molar-refractivity contribution < 1.29 is 14.3 Å². The van der Waals surface area contributed by atoms with E-state index < -0.39 is 0 Å². The monoisotopic (exact) mass is 308 g/mol. The molecule has 8 heteroatoms. The van der Waals surface area contributed by atoms with Crippen LogP contribution in [0.4, 0.5) is 4.79 Å². The minimum Gasteiger partial charge on any atom is -0.449 e. The van der Waals surface area contributed by atoms with Crippen LogP contribution in [0.25, 0.3) is 0 Å². The van der Waals surface area contributed by atoms with Crippen LogP contribution in [0.15, 0.2) is 16.9 Å². The van der Waals surface area contributed by atoms with Gasteiger partial charge in [-0.2, -0.15) is 5.10 Å². The van der Waals surface area contributed by atoms with E-state index in [1.165, 1.54) is 12.1 Å². The Morgan fingerprint density at radius 3 is 2.50 bits per heavy atom. The summed E-state index contributed by atoms with van der Waals surface area (Å²) < 4.78 is 5.15. The first-order valence-corrected chi connectivity index (χ1v) is 7.38. The predicted molar refractivity (Wildman–Crippen MR) is 78.6 cm³/mol. The molecular formula is C14H20N4O4. The number of hydrogen-bond donors (Lipinski definition) is 1. The number of rotatable bonds is 4. The number of nitrogens with zero attached hydrogens (tertiary/aromatic N) is 3. The summed E-state index contributed by atoms with van der Waals surface area (Å²) in [6.07, 6.45) is 1.49. The Balaban J connectivity index is 1.83. The number of hydrogen-bond acceptors (Lipinski definition) is 5. The summed E-state index contributed by atoms with van der Waals surface area (Å²) in [5.41, 5.74) is -0.158. The van der Waals surface area contributed by atoms with Gasteiger partial charge >= 0.3 is 6.09 Å². The Labute approximate surface area is 128 Å². The maximum Gasteiger partial charge on any atom is 0.409 e. The van der Waals surface area contributed by atoms with Crippen LogP contribution in [0.1, 0.15) is 30.3 Å². The molecule has 2 rings (SSSR count). The minimum absolute atomic E-state index is 0.193. The van der Waals surface area contributed by atoms with Gasteiger partial charge in [-0.25, -0.2) is 9.89 Å². The lowest BCUT2D eigenvalue weighted by Gasteiger charge is -2.33. The second kappa shape index (κ2) is 7.58. The number of amides is 2. The predicted octanol–water partition coefficient (Wildman–Crippen LogP) is 0.464. The highest BCUT2D eigenvalue weighted by molar-refractivity contribution is 5.92. The van der Waals surface area contributed by atoms with Gasteiger partial charge in [-0.05, 0) is 12.5 Å². The number of unbranched alkanes of at least 4 members (excludes halogenated alkanes) is 1. The third kappa shape index (κ3) is 4.06. The SMILES string of the molecule is CCCCOC(=O)N1CCN(C(=O)c2ccc(=O)[nH]n2)CC1. The van der Waals surface area contributed by atoms with Gasteiger partial charge in [0.2, 0.25) is 0 Å². The van der Waals surface area contributed by atoms with Gasteiger partial charge in [0.05, 0.1) is 6.61 Å². The van der Waals surface area contributed by atoms with Crippen LogP contribution in [-0.2, 0) is 4.74 Å². The molecule has 0 atom stereocenters. The van der Waals surface area contributed by atoms with E-state index in [9.17, 15) is 14.4 Å². The van der Waals surface area contributed by atoms with Crippen LogP contribution in [0.5, 0.6) is 0 Å². The normalized spacial score (nSPS) is 14.8. The Kier molecular flexibility index (Phi) is 5.51. The largest absolute Gasteiger partial charge is 0.449 e. The van der Waals surface area contributed by atoms with E-state index in [1.807, 2.05) is 6.92 Å². The summed E-state index contributed by atoms with van der Waals surface area (Å²) in [7, 11) is 0. The van der Waals surface area contributed by atoms with Crippen LogP contribution >= 0.6 is 0 Å². The summed E-state index contributed by atoms with van der Waals surface area (Å²) in [6.45, 7) is 4.16. The van der Waals surface area contributed by atoms with Gasteiger partial charge < -0.3 is 14.5 Å². The third-order valence-corrected chi connectivity index (χ3v) is 3.45. The second-order valence-electron chi connectivity index (χ2n) is 5.05. The lowest BCUT2D eigenvalue weighted by Crippen LogP contribution is -2.51. The van der Waals surface area contributed by atoms with E-state index in [4.69, 9.17) is 4.74 Å². The first-order chi connectivity index (χ1) is 10.6. The zero-order valence-electron chi connectivity index (χ0n) is 12.6. The molecule has 1 N–H and O–H groups in total. The smallest absolute Gasteiger partial charge is 0.409 e. The number of ether oxygens (including phenoxy) is 1. The van der Waals surface area contributed by atoms with Crippen molar-refractivity contribution in [3.05, 3.63) is 28.2 Å². The Morgan fingerprint density at radius 2 is 1.91 bits per heavy atom. The van der Waals surface area contributed by atoms with Crippen molar-refractivity contribution in [1.82, 2.24) is 20.0 Å². The molecule has 0 spiro atoms. The molecule has 1 aromatic rings. The molecule has 0 aliphatic carbocycles. The number of piperazine rings is 1. The summed E-state index contributed by atoms with van der Waals surface area (Å²) in [6, 6.07) is 2.66. The molecule has 1 aromatic heterocycles. The molecular weight excluding hydrogens is 288 g/mol. The fourth-order valence-corrected chi connectivity index (χ4v) is 2.11. The highest BCUT2D eigenvalue weighted by atomic mass is 16.6. The summed E-state index contributed by atoms with van der Waals surface area (Å²) in [4.78, 5) is 38.2. The molecule has 1 aliphatic heterocycles. The lowest BCUT2D eigenvalue weighted by atomic mass is 10.3. The highest BCUT2D eigenvalue weighted by Gasteiger charge is 2.26. The number of aromatic nitrogens is 2. The van der Waals surface area contributed by atoms with Gasteiger partial charge in [0.15, 0.2) is 0 Å². The first-order valence-electron chi connectivity index (χ1n) is 7.38. The van der Waals surface area contributed by atoms with Crippen LogP contribution in [0.3, 0.4) is 0 Å². The Bertz CT molecular complexity index is 558. The van der Waals surface area contributed by atoms with Crippen LogP contribution in [-0.4, -0.2) is 64.8 Å². The zero-order chi connectivity index (χ0) is 15.9. The zero-order valence-corrected chi connectivity index (χ0v) is 12.6. The van der Waals surface area contributed by atoms with Crippen LogP contribution in [0.2, 0.25) is 0 Å². The molecule has 8 nitrogen and oxygen atoms in total. The van der Waals surface area contributed by atoms with Gasteiger partial charge in [0.25, 0.3) is 11.5 Å². The van der Waals surface area contributed by atoms with Gasteiger partial charge in [0.1, 0.15) is 5.69 Å². The summed E-state index contributed by atoms with van der Waals surface area (Å²) in [5, 5.41) is 5.96. The number of nitrogens with one attached hydrogen (secondary N) is 1. The number of aromatic amines is 1. The molecule has 1 saturated heterocycles. The highest BCUT2D eigenvalue weighted by Crippen LogP contribution is 2.07. The molecule has 1 fully saturated rings. The van der Waals surface area contributed by atoms with Crippen molar-refractivity contribution in [3.8, 4) is 0 Å². The summed E-state index contributed by atoms with van der Waals surface area (Å²) in [5.74, 6) is -0.254. The molecule has 0 aromatic carbocycles. The fraction of sp³-hybridized carbons (Fsp3) is 0.571. The molecule has 2 heterocycles. The molecule has 1 aliphatic rings. The molecule has 22 heavy (non-hydrogen) atoms. The van der Waals surface area contributed by atoms with Gasteiger partial charge in [-0.1, -0.05) is 13.3 Å². The minimum atomic E-state index is -0.351. The van der Waals surface area contributed by atoms with E-state index >= 15 is 0 Å². The van der Waals surface area contributed by atoms with Crippen molar-refractivity contribution >= 4 is 12.0 Å². The number of carbonyl (C=O) groups is 2. The van der Waals surface area contributed by atoms with Gasteiger partial charge in [-0.15, -0.1) is 0 Å². The van der Waals surface area contributed by atoms with E-state index in [0.717, 1.165) is 12.8 Å². The standard InChI is InChI=1S/C14H20N4O4/c1-2-3-10-22-14(21)18-8-6-17(7-9-18)13(20)11-4-5-12(19)16-15-11/h4-5H,2-3,6-10H2,1H3,(H,16,19). The topological polar surface area (TPSA) is 95.6 Å². The van der Waals surface area contributed by atoms with E-state index in [-0.39, 0.29) is 23.3 Å². The van der Waals surface area contributed by atoms with Crippen molar-refractivity contribution in [1.29, 1.82) is 0 Å². The summed E-state index contributed by atoms with van der Waals surface area (Å²) >= 11 is 0. The van der Waals surface area contributed by atoms with Crippen molar-refractivity contribution in [2.45, 2.75) is 19.8 Å². The van der Waals surface area contributed by atoms with Crippen LogP contribution < -0.4 is 5.56 Å². The average Bonchev–Trinajstić information content (AvgIpc) is 2.55. The molecule has 0 radical (unpaired) electrons. The van der Waals surface area contributed by atoms with Crippen molar-refractivity contribution in [2.75, 3.05) is 32.8 Å². The van der Waals surface area contributed by atoms with Gasteiger partial charge in [-0.3, -0.25) is 9.59 Å². The molecule has 0 bridgehead atoms. The second-order valence-corrected chi connectivity index (χ2v) is 5.05. The average molecular weight is 308 g/mol. The van der Waals surface area contributed by atoms with E-state index in [1.54, 1.807) is 9.80 Å². The number of H-pyrrole nitrogens is 1. The van der Waals surface area contributed by atoms with E-state index in [2.05, 4.69) is 10.2 Å². The van der Waals surface area contributed by atoms with Crippen LogP contribution in [0, 0.1) is 0 Å². The molecule has 2 amide bonds. The number of carbonyl (C=O) groups excluding carboxylic acids is 2. The molecule has 0 saturated carbocycles. The Hall–Kier alpha value is -2.38. The van der Waals surface area contributed by atoms with Crippen molar-refractivity contribution in [2.24, 2.45) is 0 Å². The van der Waals surface area contributed by atoms with Gasteiger partial charge in [0, 0.05) is 32.2 Å². The fourth-order valence-electron chi connectivity index (χ4n) is 2.11. The maximum absolute atomic E-state index is 12.2. The molecule has 0 unspecified atom stereocenters. The first kappa shape index (κ1) is 16.0. The quantitative estimate of drug-likeness (QED) is 0.815.